The smallest absolute Gasteiger partial charge is 0.323 e. The maximum absolute atomic E-state index is 11.7. The number of carboxylic acids is 2. The molecule has 1 fully saturated rings. The van der Waals surface area contributed by atoms with Crippen molar-refractivity contribution in [2.75, 3.05) is 19.6 Å². The van der Waals surface area contributed by atoms with Crippen LogP contribution in [0, 0.1) is 0 Å². The second kappa shape index (κ2) is 6.95. The van der Waals surface area contributed by atoms with Gasteiger partial charge in [0.25, 0.3) is 0 Å². The molecule has 7 nitrogen and oxygen atoms in total. The molecule has 0 aromatic carbocycles. The summed E-state index contributed by atoms with van der Waals surface area (Å²) in [7, 11) is 0. The first-order chi connectivity index (χ1) is 8.49. The maximum Gasteiger partial charge on any atom is 0.323 e. The summed E-state index contributed by atoms with van der Waals surface area (Å²) in [5.41, 5.74) is 0. The summed E-state index contributed by atoms with van der Waals surface area (Å²) in [5, 5.41) is 20.3. The van der Waals surface area contributed by atoms with Gasteiger partial charge in [-0.25, -0.2) is 0 Å². The quantitative estimate of drug-likeness (QED) is 0.569. The van der Waals surface area contributed by atoms with E-state index in [0.717, 1.165) is 30.6 Å². The largest absolute Gasteiger partial charge is 0.480 e. The lowest BCUT2D eigenvalue weighted by Crippen LogP contribution is -2.45. The molecule has 1 aliphatic carbocycles. The fourth-order valence-corrected chi connectivity index (χ4v) is 2.03. The van der Waals surface area contributed by atoms with Crippen LogP contribution in [0.3, 0.4) is 0 Å². The molecule has 1 aliphatic rings. The summed E-state index contributed by atoms with van der Waals surface area (Å²) in [4.78, 5) is 33.6. The standard InChI is InChI=1S/C11H18N2O5/c14-9(5-12-8-3-1-2-4-8)13(6-10(15)16)7-11(17)18/h8,12H,1-7H2,(H,15,16)(H,17,18). The molecule has 0 aliphatic heterocycles. The Morgan fingerprint density at radius 3 is 2.00 bits per heavy atom. The minimum atomic E-state index is -1.22. The molecule has 1 amide bonds. The minimum absolute atomic E-state index is 0.00870. The van der Waals surface area contributed by atoms with Gasteiger partial charge in [-0.3, -0.25) is 14.4 Å². The van der Waals surface area contributed by atoms with Crippen molar-refractivity contribution in [1.82, 2.24) is 10.2 Å². The van der Waals surface area contributed by atoms with E-state index >= 15 is 0 Å². The van der Waals surface area contributed by atoms with Crippen LogP contribution in [-0.4, -0.2) is 58.6 Å². The minimum Gasteiger partial charge on any atom is -0.480 e. The Labute approximate surface area is 105 Å². The van der Waals surface area contributed by atoms with Gasteiger partial charge in [-0.05, 0) is 12.8 Å². The van der Waals surface area contributed by atoms with E-state index in [1.807, 2.05) is 0 Å². The third kappa shape index (κ3) is 5.13. The van der Waals surface area contributed by atoms with Crippen molar-refractivity contribution in [3.8, 4) is 0 Å². The van der Waals surface area contributed by atoms with Crippen LogP contribution in [0.25, 0.3) is 0 Å². The van der Waals surface area contributed by atoms with E-state index in [9.17, 15) is 14.4 Å². The monoisotopic (exact) mass is 258 g/mol. The van der Waals surface area contributed by atoms with Gasteiger partial charge in [0.2, 0.25) is 5.91 Å². The molecule has 1 rings (SSSR count). The number of aliphatic carboxylic acids is 2. The Bertz CT molecular complexity index is 309. The number of rotatable bonds is 7. The first-order valence-corrected chi connectivity index (χ1v) is 5.94. The van der Waals surface area contributed by atoms with Crippen LogP contribution in [0.4, 0.5) is 0 Å². The molecule has 0 bridgehead atoms. The first-order valence-electron chi connectivity index (χ1n) is 5.94. The molecule has 0 heterocycles. The number of nitrogens with one attached hydrogen (secondary N) is 1. The highest BCUT2D eigenvalue weighted by Gasteiger charge is 2.21. The molecule has 0 spiro atoms. The molecule has 0 aromatic heterocycles. The zero-order chi connectivity index (χ0) is 13.5. The van der Waals surface area contributed by atoms with Gasteiger partial charge >= 0.3 is 11.9 Å². The van der Waals surface area contributed by atoms with Gasteiger partial charge in [-0.15, -0.1) is 0 Å². The van der Waals surface area contributed by atoms with Crippen molar-refractivity contribution >= 4 is 17.8 Å². The molecule has 7 heteroatoms. The lowest BCUT2D eigenvalue weighted by atomic mass is 10.2. The predicted octanol–water partition coefficient (Wildman–Crippen LogP) is -0.484. The molecule has 0 saturated heterocycles. The normalized spacial score (nSPS) is 15.6. The van der Waals surface area contributed by atoms with E-state index < -0.39 is 30.9 Å². The molecule has 0 aromatic rings. The maximum atomic E-state index is 11.7. The van der Waals surface area contributed by atoms with Crippen LogP contribution >= 0.6 is 0 Å². The Hall–Kier alpha value is -1.63. The van der Waals surface area contributed by atoms with Crippen LogP contribution < -0.4 is 5.32 Å². The summed E-state index contributed by atoms with van der Waals surface area (Å²) >= 11 is 0. The Balaban J connectivity index is 2.41. The van der Waals surface area contributed by atoms with Crippen molar-refractivity contribution < 1.29 is 24.6 Å². The molecule has 0 atom stereocenters. The van der Waals surface area contributed by atoms with Crippen LogP contribution in [0.15, 0.2) is 0 Å². The van der Waals surface area contributed by atoms with Gasteiger partial charge in [0.1, 0.15) is 13.1 Å². The van der Waals surface area contributed by atoms with E-state index in [0.29, 0.717) is 0 Å². The molecule has 18 heavy (non-hydrogen) atoms. The average molecular weight is 258 g/mol. The highest BCUT2D eigenvalue weighted by Crippen LogP contribution is 2.17. The van der Waals surface area contributed by atoms with E-state index in [1.165, 1.54) is 0 Å². The fourth-order valence-electron chi connectivity index (χ4n) is 2.03. The molecular formula is C11H18N2O5. The SMILES string of the molecule is O=C(O)CN(CC(=O)O)C(=O)CNC1CCCC1. The summed E-state index contributed by atoms with van der Waals surface area (Å²) < 4.78 is 0. The van der Waals surface area contributed by atoms with Crippen LogP contribution in [0.2, 0.25) is 0 Å². The molecule has 0 radical (unpaired) electrons. The third-order valence-corrected chi connectivity index (χ3v) is 2.90. The summed E-state index contributed by atoms with van der Waals surface area (Å²) in [6, 6.07) is 0.283. The van der Waals surface area contributed by atoms with E-state index in [-0.39, 0.29) is 12.6 Å². The highest BCUT2D eigenvalue weighted by molar-refractivity contribution is 5.86. The second-order valence-corrected chi connectivity index (χ2v) is 4.40. The van der Waals surface area contributed by atoms with Gasteiger partial charge < -0.3 is 20.4 Å². The number of amides is 1. The fraction of sp³-hybridized carbons (Fsp3) is 0.727. The number of carbonyl (C=O) groups is 3. The van der Waals surface area contributed by atoms with E-state index in [2.05, 4.69) is 5.32 Å². The van der Waals surface area contributed by atoms with Gasteiger partial charge in [0, 0.05) is 6.04 Å². The van der Waals surface area contributed by atoms with E-state index in [1.54, 1.807) is 0 Å². The predicted molar refractivity (Wildman–Crippen MR) is 62.1 cm³/mol. The average Bonchev–Trinajstić information content (AvgIpc) is 2.76. The molecule has 3 N–H and O–H groups in total. The Morgan fingerprint density at radius 1 is 1.06 bits per heavy atom. The zero-order valence-electron chi connectivity index (χ0n) is 10.1. The van der Waals surface area contributed by atoms with Gasteiger partial charge in [0.15, 0.2) is 0 Å². The molecule has 1 saturated carbocycles. The lowest BCUT2D eigenvalue weighted by Gasteiger charge is -2.20. The van der Waals surface area contributed by atoms with Crippen molar-refractivity contribution in [3.63, 3.8) is 0 Å². The van der Waals surface area contributed by atoms with Gasteiger partial charge in [0.05, 0.1) is 6.54 Å². The van der Waals surface area contributed by atoms with Crippen molar-refractivity contribution in [3.05, 3.63) is 0 Å². The molecule has 102 valence electrons. The number of hydrogen-bond donors (Lipinski definition) is 3. The number of hydrogen-bond acceptors (Lipinski definition) is 4. The highest BCUT2D eigenvalue weighted by atomic mass is 16.4. The van der Waals surface area contributed by atoms with Crippen molar-refractivity contribution in [2.45, 2.75) is 31.7 Å². The third-order valence-electron chi connectivity index (χ3n) is 2.90. The summed E-state index contributed by atoms with van der Waals surface area (Å²) in [6.07, 6.45) is 4.26. The van der Waals surface area contributed by atoms with Crippen molar-refractivity contribution in [2.24, 2.45) is 0 Å². The number of nitrogens with zero attached hydrogens (tertiary/aromatic N) is 1. The summed E-state index contributed by atoms with van der Waals surface area (Å²) in [6.45, 7) is -1.18. The van der Waals surface area contributed by atoms with Crippen LogP contribution in [-0.2, 0) is 14.4 Å². The van der Waals surface area contributed by atoms with Crippen LogP contribution in [0.1, 0.15) is 25.7 Å². The van der Waals surface area contributed by atoms with Gasteiger partial charge in [-0.1, -0.05) is 12.8 Å². The second-order valence-electron chi connectivity index (χ2n) is 4.40. The molecule has 0 unspecified atom stereocenters. The van der Waals surface area contributed by atoms with Crippen molar-refractivity contribution in [1.29, 1.82) is 0 Å². The number of carboxylic acid groups (broad SMARTS) is 2. The Morgan fingerprint density at radius 2 is 1.56 bits per heavy atom. The lowest BCUT2D eigenvalue weighted by molar-refractivity contribution is -0.149. The zero-order valence-corrected chi connectivity index (χ0v) is 10.1. The van der Waals surface area contributed by atoms with Crippen LogP contribution in [0.5, 0.6) is 0 Å². The topological polar surface area (TPSA) is 107 Å². The summed E-state index contributed by atoms with van der Waals surface area (Å²) in [5.74, 6) is -2.93. The Kier molecular flexibility index (Phi) is 5.57. The van der Waals surface area contributed by atoms with E-state index in [4.69, 9.17) is 10.2 Å². The van der Waals surface area contributed by atoms with Gasteiger partial charge in [-0.2, -0.15) is 0 Å². The first kappa shape index (κ1) is 14.4. The molecular weight excluding hydrogens is 240 g/mol. The number of carbonyl (C=O) groups excluding carboxylic acids is 1.